The van der Waals surface area contributed by atoms with Gasteiger partial charge in [0.1, 0.15) is 4.34 Å². The molecule has 0 radical (unpaired) electrons. The lowest BCUT2D eigenvalue weighted by molar-refractivity contribution is 0.174. The Kier molecular flexibility index (Phi) is 7.59. The maximum Gasteiger partial charge on any atom is 0.193 e. The van der Waals surface area contributed by atoms with E-state index >= 15 is 0 Å². The average Bonchev–Trinajstić information content (AvgIpc) is 3.33. The summed E-state index contributed by atoms with van der Waals surface area (Å²) in [6.45, 7) is 6.31. The standard InChI is InChI=1S/C17H25N5S3/c1-18-16(19-5-3-12-24-17-20-6-13-25-17)22-9-7-21(8-10-22)14-15-4-2-11-23-15/h2,4,6,11,13H,3,5,7-10,12,14H2,1H3,(H,18,19). The maximum atomic E-state index is 4.46. The molecule has 1 saturated heterocycles. The molecule has 8 heteroatoms. The van der Waals surface area contributed by atoms with Crippen LogP contribution in [0.4, 0.5) is 0 Å². The fourth-order valence-corrected chi connectivity index (χ4v) is 5.18. The van der Waals surface area contributed by atoms with E-state index in [1.54, 1.807) is 11.3 Å². The zero-order valence-electron chi connectivity index (χ0n) is 14.6. The molecule has 1 aliphatic heterocycles. The minimum atomic E-state index is 0.959. The van der Waals surface area contributed by atoms with Crippen molar-refractivity contribution in [2.45, 2.75) is 17.3 Å². The molecule has 1 fully saturated rings. The minimum absolute atomic E-state index is 0.959. The number of thiazole rings is 1. The third-order valence-electron chi connectivity index (χ3n) is 4.08. The van der Waals surface area contributed by atoms with Gasteiger partial charge in [-0.1, -0.05) is 17.8 Å². The topological polar surface area (TPSA) is 43.8 Å². The molecule has 2 aromatic heterocycles. The van der Waals surface area contributed by atoms with Gasteiger partial charge in [0.15, 0.2) is 5.96 Å². The van der Waals surface area contributed by atoms with Crippen LogP contribution in [0.15, 0.2) is 38.4 Å². The van der Waals surface area contributed by atoms with E-state index in [0.717, 1.165) is 61.7 Å². The van der Waals surface area contributed by atoms with Crippen LogP contribution in [0.5, 0.6) is 0 Å². The van der Waals surface area contributed by atoms with Crippen LogP contribution in [0.25, 0.3) is 0 Å². The first-order valence-electron chi connectivity index (χ1n) is 8.58. The number of hydrogen-bond acceptors (Lipinski definition) is 6. The molecule has 1 N–H and O–H groups in total. The molecular formula is C17H25N5S3. The highest BCUT2D eigenvalue weighted by atomic mass is 32.2. The molecule has 2 aromatic rings. The summed E-state index contributed by atoms with van der Waals surface area (Å²) in [5, 5.41) is 7.69. The number of thiophene rings is 1. The maximum absolute atomic E-state index is 4.46. The van der Waals surface area contributed by atoms with E-state index < -0.39 is 0 Å². The second kappa shape index (κ2) is 10.2. The highest BCUT2D eigenvalue weighted by Crippen LogP contribution is 2.20. The number of rotatable bonds is 7. The number of guanidine groups is 1. The van der Waals surface area contributed by atoms with Crippen LogP contribution >= 0.6 is 34.4 Å². The van der Waals surface area contributed by atoms with Crippen molar-refractivity contribution in [3.05, 3.63) is 34.0 Å². The monoisotopic (exact) mass is 395 g/mol. The molecule has 0 amide bonds. The first kappa shape index (κ1) is 18.7. The molecule has 0 aliphatic carbocycles. The molecule has 0 atom stereocenters. The molecule has 136 valence electrons. The Labute approximate surface area is 162 Å². The van der Waals surface area contributed by atoms with E-state index in [4.69, 9.17) is 0 Å². The van der Waals surface area contributed by atoms with Gasteiger partial charge in [0, 0.05) is 68.5 Å². The molecule has 0 bridgehead atoms. The Morgan fingerprint density at radius 2 is 2.16 bits per heavy atom. The van der Waals surface area contributed by atoms with Crippen molar-refractivity contribution in [3.63, 3.8) is 0 Å². The quantitative estimate of drug-likeness (QED) is 0.338. The van der Waals surface area contributed by atoms with Crippen LogP contribution in [0, 0.1) is 0 Å². The van der Waals surface area contributed by atoms with Crippen molar-refractivity contribution in [1.82, 2.24) is 20.1 Å². The summed E-state index contributed by atoms with van der Waals surface area (Å²) >= 11 is 5.39. The smallest absolute Gasteiger partial charge is 0.193 e. The summed E-state index contributed by atoms with van der Waals surface area (Å²) in [5.74, 6) is 2.13. The number of nitrogens with one attached hydrogen (secondary N) is 1. The van der Waals surface area contributed by atoms with Gasteiger partial charge in [0.25, 0.3) is 0 Å². The van der Waals surface area contributed by atoms with Crippen LogP contribution in [0.2, 0.25) is 0 Å². The van der Waals surface area contributed by atoms with E-state index in [9.17, 15) is 0 Å². The van der Waals surface area contributed by atoms with E-state index in [-0.39, 0.29) is 0 Å². The molecule has 3 heterocycles. The Bertz CT molecular complexity index is 619. The molecule has 25 heavy (non-hydrogen) atoms. The van der Waals surface area contributed by atoms with E-state index in [2.05, 4.69) is 42.6 Å². The van der Waals surface area contributed by atoms with Gasteiger partial charge in [-0.15, -0.1) is 22.7 Å². The van der Waals surface area contributed by atoms with E-state index in [1.807, 2.05) is 41.7 Å². The molecule has 3 rings (SSSR count). The van der Waals surface area contributed by atoms with E-state index in [1.165, 1.54) is 4.88 Å². The molecule has 0 saturated carbocycles. The van der Waals surface area contributed by atoms with E-state index in [0.29, 0.717) is 0 Å². The molecular weight excluding hydrogens is 370 g/mol. The summed E-state index contributed by atoms with van der Waals surface area (Å²) in [5.41, 5.74) is 0. The summed E-state index contributed by atoms with van der Waals surface area (Å²) < 4.78 is 1.16. The third-order valence-corrected chi connectivity index (χ3v) is 7.00. The van der Waals surface area contributed by atoms with Crippen LogP contribution in [-0.4, -0.2) is 66.3 Å². The SMILES string of the molecule is CN=C(NCCCSc1nccs1)N1CCN(Cc2cccs2)CC1. The van der Waals surface area contributed by atoms with Crippen LogP contribution in [0.3, 0.4) is 0 Å². The molecule has 0 spiro atoms. The number of nitrogens with zero attached hydrogens (tertiary/aromatic N) is 4. The Morgan fingerprint density at radius 1 is 1.28 bits per heavy atom. The van der Waals surface area contributed by atoms with Crippen LogP contribution < -0.4 is 5.32 Å². The zero-order valence-corrected chi connectivity index (χ0v) is 17.0. The Balaban J connectivity index is 1.33. The fraction of sp³-hybridized carbons (Fsp3) is 0.529. The van der Waals surface area contributed by atoms with Crippen molar-refractivity contribution in [2.24, 2.45) is 4.99 Å². The van der Waals surface area contributed by atoms with Gasteiger partial charge in [-0.25, -0.2) is 4.98 Å². The van der Waals surface area contributed by atoms with Crippen molar-refractivity contribution in [1.29, 1.82) is 0 Å². The fourth-order valence-electron chi connectivity index (χ4n) is 2.79. The summed E-state index contributed by atoms with van der Waals surface area (Å²) in [6, 6.07) is 4.36. The van der Waals surface area contributed by atoms with Gasteiger partial charge in [0.05, 0.1) is 0 Å². The minimum Gasteiger partial charge on any atom is -0.356 e. The lowest BCUT2D eigenvalue weighted by Crippen LogP contribution is -2.52. The van der Waals surface area contributed by atoms with Gasteiger partial charge in [0.2, 0.25) is 0 Å². The highest BCUT2D eigenvalue weighted by molar-refractivity contribution is 8.00. The van der Waals surface area contributed by atoms with Gasteiger partial charge in [-0.3, -0.25) is 9.89 Å². The zero-order chi connectivity index (χ0) is 17.3. The van der Waals surface area contributed by atoms with Gasteiger partial charge >= 0.3 is 0 Å². The predicted octanol–water partition coefficient (Wildman–Crippen LogP) is 3.08. The molecule has 0 aromatic carbocycles. The Morgan fingerprint density at radius 3 is 2.84 bits per heavy atom. The van der Waals surface area contributed by atoms with Crippen LogP contribution in [0.1, 0.15) is 11.3 Å². The van der Waals surface area contributed by atoms with Gasteiger partial charge in [-0.05, 0) is 17.9 Å². The first-order valence-corrected chi connectivity index (χ1v) is 11.3. The van der Waals surface area contributed by atoms with Crippen LogP contribution in [-0.2, 0) is 6.54 Å². The largest absolute Gasteiger partial charge is 0.356 e. The second-order valence-electron chi connectivity index (χ2n) is 5.82. The average molecular weight is 396 g/mol. The molecule has 5 nitrogen and oxygen atoms in total. The number of aromatic nitrogens is 1. The highest BCUT2D eigenvalue weighted by Gasteiger charge is 2.19. The number of hydrogen-bond donors (Lipinski definition) is 1. The second-order valence-corrected chi connectivity index (χ2v) is 9.09. The Hall–Kier alpha value is -1.09. The third kappa shape index (κ3) is 5.99. The predicted molar refractivity (Wildman–Crippen MR) is 110 cm³/mol. The number of piperazine rings is 1. The number of aliphatic imine (C=N–C) groups is 1. The molecule has 0 unspecified atom stereocenters. The van der Waals surface area contributed by atoms with Gasteiger partial charge in [-0.2, -0.15) is 0 Å². The lowest BCUT2D eigenvalue weighted by Gasteiger charge is -2.36. The summed E-state index contributed by atoms with van der Waals surface area (Å²) in [4.78, 5) is 15.1. The normalized spacial score (nSPS) is 16.4. The summed E-state index contributed by atoms with van der Waals surface area (Å²) in [7, 11) is 1.88. The van der Waals surface area contributed by atoms with Crippen molar-refractivity contribution in [2.75, 3.05) is 45.5 Å². The molecule has 1 aliphatic rings. The van der Waals surface area contributed by atoms with Crippen molar-refractivity contribution in [3.8, 4) is 0 Å². The van der Waals surface area contributed by atoms with Crippen molar-refractivity contribution >= 4 is 40.4 Å². The first-order chi connectivity index (χ1) is 12.3. The van der Waals surface area contributed by atoms with Crippen molar-refractivity contribution < 1.29 is 0 Å². The lowest BCUT2D eigenvalue weighted by atomic mass is 10.3. The number of thioether (sulfide) groups is 1. The summed E-state index contributed by atoms with van der Waals surface area (Å²) in [6.07, 6.45) is 2.98. The van der Waals surface area contributed by atoms with Gasteiger partial charge < -0.3 is 10.2 Å².